The Balaban J connectivity index is 2.17. The molecule has 0 bridgehead atoms. The summed E-state index contributed by atoms with van der Waals surface area (Å²) < 4.78 is 5.91. The number of rotatable bonds is 6. The Labute approximate surface area is 114 Å². The van der Waals surface area contributed by atoms with Crippen LogP contribution in [0.3, 0.4) is 0 Å². The van der Waals surface area contributed by atoms with Crippen molar-refractivity contribution in [2.45, 2.75) is 19.4 Å². The summed E-state index contributed by atoms with van der Waals surface area (Å²) in [4.78, 5) is 0. The lowest BCUT2D eigenvalue weighted by Crippen LogP contribution is -2.50. The molecule has 102 valence electrons. The summed E-state index contributed by atoms with van der Waals surface area (Å²) in [5.74, 6) is 0.857. The zero-order chi connectivity index (χ0) is 13.7. The Morgan fingerprint density at radius 1 is 1.16 bits per heavy atom. The highest BCUT2D eigenvalue weighted by molar-refractivity contribution is 5.88. The number of likely N-dealkylation sites (N-methyl/N-ethyl adjacent to an activating group) is 1. The molecule has 0 spiro atoms. The predicted molar refractivity (Wildman–Crippen MR) is 78.6 cm³/mol. The third-order valence-electron chi connectivity index (χ3n) is 3.25. The van der Waals surface area contributed by atoms with E-state index in [-0.39, 0.29) is 6.61 Å². The normalized spacial score (nSPS) is 14.3. The van der Waals surface area contributed by atoms with Gasteiger partial charge in [-0.2, -0.15) is 0 Å². The van der Waals surface area contributed by atoms with Gasteiger partial charge in [-0.05, 0) is 24.9 Å². The molecule has 2 aromatic carbocycles. The van der Waals surface area contributed by atoms with Crippen LogP contribution >= 0.6 is 0 Å². The second-order valence-corrected chi connectivity index (χ2v) is 5.02. The van der Waals surface area contributed by atoms with E-state index < -0.39 is 5.54 Å². The zero-order valence-corrected chi connectivity index (χ0v) is 11.5. The molecule has 0 aliphatic carbocycles. The molecule has 2 N–H and O–H groups in total. The lowest BCUT2D eigenvalue weighted by Gasteiger charge is -2.28. The topological polar surface area (TPSA) is 41.5 Å². The highest BCUT2D eigenvalue weighted by Crippen LogP contribution is 2.25. The molecule has 3 nitrogen and oxygen atoms in total. The first-order chi connectivity index (χ1) is 9.18. The Hall–Kier alpha value is -1.58. The third kappa shape index (κ3) is 3.25. The van der Waals surface area contributed by atoms with Crippen molar-refractivity contribution in [2.24, 2.45) is 0 Å². The van der Waals surface area contributed by atoms with Crippen molar-refractivity contribution < 1.29 is 9.84 Å². The molecule has 0 aromatic heterocycles. The quantitative estimate of drug-likeness (QED) is 0.838. The van der Waals surface area contributed by atoms with Crippen molar-refractivity contribution >= 4 is 10.8 Å². The molecule has 3 heteroatoms. The van der Waals surface area contributed by atoms with Gasteiger partial charge in [0, 0.05) is 5.39 Å². The molecule has 0 aliphatic heterocycles. The van der Waals surface area contributed by atoms with E-state index >= 15 is 0 Å². The second-order valence-electron chi connectivity index (χ2n) is 5.02. The fraction of sp³-hybridized carbons (Fsp3) is 0.375. The van der Waals surface area contributed by atoms with Gasteiger partial charge in [0.05, 0.1) is 12.1 Å². The van der Waals surface area contributed by atoms with Crippen molar-refractivity contribution in [3.05, 3.63) is 42.5 Å². The third-order valence-corrected chi connectivity index (χ3v) is 3.25. The number of benzene rings is 2. The molecule has 0 radical (unpaired) electrons. The Kier molecular flexibility index (Phi) is 4.40. The van der Waals surface area contributed by atoms with Gasteiger partial charge in [-0.3, -0.25) is 0 Å². The van der Waals surface area contributed by atoms with Crippen LogP contribution in [0.5, 0.6) is 5.75 Å². The van der Waals surface area contributed by atoms with Gasteiger partial charge in [0.15, 0.2) is 0 Å². The minimum absolute atomic E-state index is 0.0472. The molecule has 2 rings (SSSR count). The van der Waals surface area contributed by atoms with Gasteiger partial charge in [-0.15, -0.1) is 0 Å². The summed E-state index contributed by atoms with van der Waals surface area (Å²) in [5, 5.41) is 15.0. The number of nitrogens with one attached hydrogen (secondary N) is 1. The van der Waals surface area contributed by atoms with E-state index in [1.807, 2.05) is 44.2 Å². The predicted octanol–water partition coefficient (Wildman–Crippen LogP) is 2.58. The molecule has 0 fully saturated rings. The molecule has 0 saturated carbocycles. The van der Waals surface area contributed by atoms with Gasteiger partial charge in [0.25, 0.3) is 0 Å². The van der Waals surface area contributed by atoms with Gasteiger partial charge in [-0.1, -0.05) is 43.3 Å². The zero-order valence-electron chi connectivity index (χ0n) is 11.5. The average molecular weight is 259 g/mol. The largest absolute Gasteiger partial charge is 0.491 e. The Morgan fingerprint density at radius 3 is 2.63 bits per heavy atom. The van der Waals surface area contributed by atoms with Crippen molar-refractivity contribution in [1.82, 2.24) is 5.32 Å². The summed E-state index contributed by atoms with van der Waals surface area (Å²) in [5.41, 5.74) is -0.411. The van der Waals surface area contributed by atoms with Crippen molar-refractivity contribution in [1.29, 1.82) is 0 Å². The molecule has 19 heavy (non-hydrogen) atoms. The monoisotopic (exact) mass is 259 g/mol. The summed E-state index contributed by atoms with van der Waals surface area (Å²) in [7, 11) is 0. The van der Waals surface area contributed by atoms with Crippen LogP contribution in [-0.2, 0) is 0 Å². The fourth-order valence-electron chi connectivity index (χ4n) is 2.14. The molecule has 0 amide bonds. The number of fused-ring (bicyclic) bond motifs is 1. The number of aliphatic hydroxyl groups is 1. The van der Waals surface area contributed by atoms with Gasteiger partial charge in [0.1, 0.15) is 12.4 Å². The fourth-order valence-corrected chi connectivity index (χ4v) is 2.14. The minimum Gasteiger partial charge on any atom is -0.491 e. The van der Waals surface area contributed by atoms with Crippen LogP contribution < -0.4 is 10.1 Å². The summed E-state index contributed by atoms with van der Waals surface area (Å²) in [6.45, 7) is 5.26. The van der Waals surface area contributed by atoms with Crippen LogP contribution in [0.4, 0.5) is 0 Å². The van der Waals surface area contributed by atoms with E-state index in [9.17, 15) is 5.11 Å². The van der Waals surface area contributed by atoms with Crippen LogP contribution in [0.15, 0.2) is 42.5 Å². The van der Waals surface area contributed by atoms with E-state index in [2.05, 4.69) is 17.4 Å². The van der Waals surface area contributed by atoms with Crippen LogP contribution in [0, 0.1) is 0 Å². The lowest BCUT2D eigenvalue weighted by atomic mass is 10.1. The number of hydrogen-bond acceptors (Lipinski definition) is 3. The molecule has 2 aromatic rings. The molecule has 1 atom stereocenters. The summed E-state index contributed by atoms with van der Waals surface area (Å²) in [6, 6.07) is 14.2. The van der Waals surface area contributed by atoms with Crippen LogP contribution in [0.2, 0.25) is 0 Å². The SMILES string of the molecule is CCNC(C)(CO)COc1cccc2ccccc12. The average Bonchev–Trinajstić information content (AvgIpc) is 2.45. The van der Waals surface area contributed by atoms with E-state index in [0.29, 0.717) is 6.61 Å². The maximum atomic E-state index is 9.47. The lowest BCUT2D eigenvalue weighted by molar-refractivity contribution is 0.118. The van der Waals surface area contributed by atoms with Gasteiger partial charge in [0.2, 0.25) is 0 Å². The molecular formula is C16H21NO2. The van der Waals surface area contributed by atoms with Crippen molar-refractivity contribution in [3.8, 4) is 5.75 Å². The van der Waals surface area contributed by atoms with Crippen molar-refractivity contribution in [2.75, 3.05) is 19.8 Å². The maximum Gasteiger partial charge on any atom is 0.127 e. The molecule has 0 saturated heterocycles. The summed E-state index contributed by atoms with van der Waals surface area (Å²) >= 11 is 0. The van der Waals surface area contributed by atoms with Gasteiger partial charge >= 0.3 is 0 Å². The smallest absolute Gasteiger partial charge is 0.127 e. The molecule has 0 heterocycles. The van der Waals surface area contributed by atoms with E-state index in [4.69, 9.17) is 4.74 Å². The number of ether oxygens (including phenoxy) is 1. The first kappa shape index (κ1) is 13.8. The van der Waals surface area contributed by atoms with E-state index in [1.54, 1.807) is 0 Å². The highest BCUT2D eigenvalue weighted by Gasteiger charge is 2.23. The van der Waals surface area contributed by atoms with Crippen LogP contribution in [-0.4, -0.2) is 30.4 Å². The first-order valence-corrected chi connectivity index (χ1v) is 6.65. The second kappa shape index (κ2) is 6.04. The van der Waals surface area contributed by atoms with E-state index in [0.717, 1.165) is 23.1 Å². The molecule has 1 unspecified atom stereocenters. The van der Waals surface area contributed by atoms with E-state index in [1.165, 1.54) is 0 Å². The maximum absolute atomic E-state index is 9.47. The standard InChI is InChI=1S/C16H21NO2/c1-3-17-16(2,11-18)12-19-15-10-6-8-13-7-4-5-9-14(13)15/h4-10,17-18H,3,11-12H2,1-2H3. The number of aliphatic hydroxyl groups excluding tert-OH is 1. The molecular weight excluding hydrogens is 238 g/mol. The van der Waals surface area contributed by atoms with Gasteiger partial charge in [-0.25, -0.2) is 0 Å². The minimum atomic E-state index is -0.411. The summed E-state index contributed by atoms with van der Waals surface area (Å²) in [6.07, 6.45) is 0. The Bertz CT molecular complexity index is 536. The molecule has 0 aliphatic rings. The van der Waals surface area contributed by atoms with Crippen molar-refractivity contribution in [3.63, 3.8) is 0 Å². The van der Waals surface area contributed by atoms with Gasteiger partial charge < -0.3 is 15.2 Å². The van der Waals surface area contributed by atoms with Crippen LogP contribution in [0.1, 0.15) is 13.8 Å². The number of hydrogen-bond donors (Lipinski definition) is 2. The van der Waals surface area contributed by atoms with Crippen LogP contribution in [0.25, 0.3) is 10.8 Å². The highest BCUT2D eigenvalue weighted by atomic mass is 16.5. The Morgan fingerprint density at radius 2 is 1.89 bits per heavy atom. The first-order valence-electron chi connectivity index (χ1n) is 6.65.